The van der Waals surface area contributed by atoms with Gasteiger partial charge in [-0.15, -0.1) is 0 Å². The third-order valence-electron chi connectivity index (χ3n) is 1.96. The summed E-state index contributed by atoms with van der Waals surface area (Å²) in [4.78, 5) is 3.93. The molecule has 3 N–H and O–H groups in total. The van der Waals surface area contributed by atoms with Gasteiger partial charge in [-0.05, 0) is 6.92 Å². The van der Waals surface area contributed by atoms with Crippen molar-refractivity contribution in [3.63, 3.8) is 0 Å². The molecule has 0 saturated carbocycles. The van der Waals surface area contributed by atoms with Gasteiger partial charge in [-0.25, -0.2) is 4.98 Å². The van der Waals surface area contributed by atoms with Crippen LogP contribution in [0.2, 0.25) is 0 Å². The summed E-state index contributed by atoms with van der Waals surface area (Å²) in [6.07, 6.45) is 4.69. The lowest BCUT2D eigenvalue weighted by atomic mass is 10.3. The Morgan fingerprint density at radius 1 is 1.57 bits per heavy atom. The highest BCUT2D eigenvalue weighted by Crippen LogP contribution is 1.91. The molecule has 1 heterocycles. The molecule has 0 aromatic carbocycles. The summed E-state index contributed by atoms with van der Waals surface area (Å²) in [6.45, 7) is 3.03. The molecule has 5 heteroatoms. The Bertz CT molecular complexity index is 238. The number of hydrogen-bond donors (Lipinski definition) is 3. The molecule has 0 bridgehead atoms. The zero-order chi connectivity index (χ0) is 10.4. The van der Waals surface area contributed by atoms with E-state index in [-0.39, 0.29) is 12.6 Å². The molecular weight excluding hydrogens is 182 g/mol. The molecular formula is C9H17N3O2. The molecule has 2 atom stereocenters. The summed E-state index contributed by atoms with van der Waals surface area (Å²) in [6, 6.07) is 0.241. The number of imidazole rings is 1. The van der Waals surface area contributed by atoms with E-state index in [4.69, 9.17) is 10.2 Å². The van der Waals surface area contributed by atoms with Crippen molar-refractivity contribution in [2.75, 3.05) is 13.2 Å². The van der Waals surface area contributed by atoms with E-state index in [9.17, 15) is 0 Å². The van der Waals surface area contributed by atoms with Gasteiger partial charge in [-0.2, -0.15) is 0 Å². The fourth-order valence-corrected chi connectivity index (χ4v) is 1.18. The second-order valence-electron chi connectivity index (χ2n) is 3.41. The van der Waals surface area contributed by atoms with Crippen molar-refractivity contribution < 1.29 is 10.2 Å². The monoisotopic (exact) mass is 199 g/mol. The maximum absolute atomic E-state index is 9.10. The molecule has 1 aromatic heterocycles. The summed E-state index contributed by atoms with van der Waals surface area (Å²) in [7, 11) is 0. The van der Waals surface area contributed by atoms with Gasteiger partial charge in [-0.3, -0.25) is 0 Å². The van der Waals surface area contributed by atoms with Gasteiger partial charge in [0.2, 0.25) is 0 Å². The van der Waals surface area contributed by atoms with Gasteiger partial charge in [0.25, 0.3) is 0 Å². The smallest absolute Gasteiger partial charge is 0.0946 e. The van der Waals surface area contributed by atoms with Crippen molar-refractivity contribution in [3.05, 3.63) is 18.7 Å². The van der Waals surface area contributed by atoms with Gasteiger partial charge in [0.05, 0.1) is 19.0 Å². The lowest BCUT2D eigenvalue weighted by Gasteiger charge is -2.16. The van der Waals surface area contributed by atoms with Gasteiger partial charge in [0.15, 0.2) is 0 Å². The average Bonchev–Trinajstić information content (AvgIpc) is 2.66. The molecule has 80 valence electrons. The van der Waals surface area contributed by atoms with Crippen LogP contribution in [0.4, 0.5) is 0 Å². The highest BCUT2D eigenvalue weighted by molar-refractivity contribution is 4.76. The molecule has 0 aliphatic carbocycles. The number of nitrogens with one attached hydrogen (secondary N) is 1. The van der Waals surface area contributed by atoms with Crippen molar-refractivity contribution in [2.45, 2.75) is 25.6 Å². The number of rotatable bonds is 6. The van der Waals surface area contributed by atoms with Crippen LogP contribution in [-0.2, 0) is 6.54 Å². The fraction of sp³-hybridized carbons (Fsp3) is 0.667. The average molecular weight is 199 g/mol. The van der Waals surface area contributed by atoms with E-state index in [2.05, 4.69) is 10.3 Å². The third kappa shape index (κ3) is 3.87. The second kappa shape index (κ2) is 5.74. The zero-order valence-corrected chi connectivity index (χ0v) is 8.30. The van der Waals surface area contributed by atoms with Crippen molar-refractivity contribution in [1.29, 1.82) is 0 Å². The number of aromatic nitrogens is 2. The minimum Gasteiger partial charge on any atom is -0.394 e. The molecule has 1 rings (SSSR count). The first-order chi connectivity index (χ1) is 6.72. The van der Waals surface area contributed by atoms with E-state index in [1.165, 1.54) is 0 Å². The van der Waals surface area contributed by atoms with E-state index in [1.54, 1.807) is 12.5 Å². The summed E-state index contributed by atoms with van der Waals surface area (Å²) in [5, 5.41) is 20.8. The Morgan fingerprint density at radius 2 is 2.36 bits per heavy atom. The van der Waals surface area contributed by atoms with Crippen molar-refractivity contribution >= 4 is 0 Å². The molecule has 0 radical (unpaired) electrons. The van der Waals surface area contributed by atoms with Gasteiger partial charge in [0.1, 0.15) is 0 Å². The lowest BCUT2D eigenvalue weighted by Crippen LogP contribution is -2.37. The van der Waals surface area contributed by atoms with Crippen LogP contribution in [0.15, 0.2) is 18.7 Å². The molecule has 0 saturated heterocycles. The third-order valence-corrected chi connectivity index (χ3v) is 1.96. The molecule has 2 unspecified atom stereocenters. The fourth-order valence-electron chi connectivity index (χ4n) is 1.18. The van der Waals surface area contributed by atoms with Crippen LogP contribution in [0.5, 0.6) is 0 Å². The summed E-state index contributed by atoms with van der Waals surface area (Å²) in [5.41, 5.74) is 0. The van der Waals surface area contributed by atoms with E-state index < -0.39 is 6.10 Å². The molecule has 0 aliphatic heterocycles. The van der Waals surface area contributed by atoms with Gasteiger partial charge < -0.3 is 20.1 Å². The first-order valence-electron chi connectivity index (χ1n) is 4.70. The van der Waals surface area contributed by atoms with E-state index in [1.807, 2.05) is 17.7 Å². The first kappa shape index (κ1) is 11.2. The van der Waals surface area contributed by atoms with E-state index >= 15 is 0 Å². The van der Waals surface area contributed by atoms with Crippen LogP contribution in [0.25, 0.3) is 0 Å². The Morgan fingerprint density at radius 3 is 2.93 bits per heavy atom. The van der Waals surface area contributed by atoms with Crippen molar-refractivity contribution in [1.82, 2.24) is 14.9 Å². The second-order valence-corrected chi connectivity index (χ2v) is 3.41. The van der Waals surface area contributed by atoms with Crippen LogP contribution < -0.4 is 5.32 Å². The number of aliphatic hydroxyl groups is 2. The predicted molar refractivity (Wildman–Crippen MR) is 52.8 cm³/mol. The molecule has 0 aliphatic rings. The van der Waals surface area contributed by atoms with Crippen LogP contribution >= 0.6 is 0 Å². The van der Waals surface area contributed by atoms with Gasteiger partial charge in [0, 0.05) is 31.5 Å². The number of nitrogens with zero attached hydrogens (tertiary/aromatic N) is 2. The van der Waals surface area contributed by atoms with Crippen LogP contribution in [0.3, 0.4) is 0 Å². The number of aliphatic hydroxyl groups excluding tert-OH is 2. The van der Waals surface area contributed by atoms with Crippen LogP contribution in [0.1, 0.15) is 6.92 Å². The predicted octanol–water partition coefficient (Wildman–Crippen LogP) is -0.786. The largest absolute Gasteiger partial charge is 0.394 e. The Balaban J connectivity index is 2.19. The van der Waals surface area contributed by atoms with E-state index in [0.717, 1.165) is 6.54 Å². The minimum absolute atomic E-state index is 0.204. The summed E-state index contributed by atoms with van der Waals surface area (Å²) < 4.78 is 1.96. The quantitative estimate of drug-likeness (QED) is 0.562. The number of hydrogen-bond acceptors (Lipinski definition) is 4. The maximum atomic E-state index is 9.10. The lowest BCUT2D eigenvalue weighted by molar-refractivity contribution is 0.0918. The molecule has 5 nitrogen and oxygen atoms in total. The molecule has 0 amide bonds. The highest BCUT2D eigenvalue weighted by Gasteiger charge is 2.05. The molecule has 0 spiro atoms. The summed E-state index contributed by atoms with van der Waals surface area (Å²) >= 11 is 0. The van der Waals surface area contributed by atoms with Gasteiger partial charge in [-0.1, -0.05) is 0 Å². The molecule has 1 aromatic rings. The van der Waals surface area contributed by atoms with Crippen molar-refractivity contribution in [3.8, 4) is 0 Å². The van der Waals surface area contributed by atoms with E-state index in [0.29, 0.717) is 6.54 Å². The highest BCUT2D eigenvalue weighted by atomic mass is 16.3. The minimum atomic E-state index is -0.680. The van der Waals surface area contributed by atoms with Gasteiger partial charge >= 0.3 is 0 Å². The standard InChI is InChI=1S/C9H17N3O2/c1-8(11-4-9(14)6-13)5-12-3-2-10-7-12/h2-3,7-9,11,13-14H,4-6H2,1H3. The Labute approximate surface area is 83.4 Å². The topological polar surface area (TPSA) is 70.3 Å². The Hall–Kier alpha value is -0.910. The zero-order valence-electron chi connectivity index (χ0n) is 8.30. The maximum Gasteiger partial charge on any atom is 0.0946 e. The van der Waals surface area contributed by atoms with Crippen molar-refractivity contribution in [2.24, 2.45) is 0 Å². The molecule has 0 fully saturated rings. The SMILES string of the molecule is CC(Cn1ccnc1)NCC(O)CO. The Kier molecular flexibility index (Phi) is 4.58. The van der Waals surface area contributed by atoms with Crippen LogP contribution in [-0.4, -0.2) is 45.1 Å². The molecule has 14 heavy (non-hydrogen) atoms. The first-order valence-corrected chi connectivity index (χ1v) is 4.70. The van der Waals surface area contributed by atoms with Crippen LogP contribution in [0, 0.1) is 0 Å². The summed E-state index contributed by atoms with van der Waals surface area (Å²) in [5.74, 6) is 0. The normalized spacial score (nSPS) is 15.4.